The summed E-state index contributed by atoms with van der Waals surface area (Å²) in [6.07, 6.45) is 38.8. The average Bonchev–Trinajstić information content (AvgIpc) is 3.14. The van der Waals surface area contributed by atoms with Gasteiger partial charge < -0.3 is 25.2 Å². The summed E-state index contributed by atoms with van der Waals surface area (Å²) in [6, 6.07) is -1.55. The molecule has 0 fully saturated rings. The SMILES string of the molecule is CCCCC/C=C\CCCCCCCC(=O)OCC(O)COP(=O)(O)OCC(NC(=O)CCCCCCCCC/C=C\C/C=C\CCCCCC)C(=O)O. The van der Waals surface area contributed by atoms with Gasteiger partial charge in [-0.05, 0) is 70.6 Å². The lowest BCUT2D eigenvalue weighted by molar-refractivity contribution is -0.147. The van der Waals surface area contributed by atoms with E-state index in [0.29, 0.717) is 12.8 Å². The maximum Gasteiger partial charge on any atom is 0.472 e. The first-order valence-electron chi connectivity index (χ1n) is 21.0. The van der Waals surface area contributed by atoms with Crippen LogP contribution in [-0.2, 0) is 32.7 Å². The van der Waals surface area contributed by atoms with Crippen molar-refractivity contribution in [2.75, 3.05) is 19.8 Å². The molecule has 0 aromatic heterocycles. The summed E-state index contributed by atoms with van der Waals surface area (Å²) in [5.41, 5.74) is 0. The fourth-order valence-electron chi connectivity index (χ4n) is 5.57. The van der Waals surface area contributed by atoms with E-state index in [1.165, 1.54) is 64.2 Å². The molecule has 3 unspecified atom stereocenters. The molecule has 0 saturated heterocycles. The van der Waals surface area contributed by atoms with Gasteiger partial charge in [0.2, 0.25) is 5.91 Å². The molecule has 0 radical (unpaired) electrons. The van der Waals surface area contributed by atoms with Gasteiger partial charge in [0, 0.05) is 12.8 Å². The highest BCUT2D eigenvalue weighted by Crippen LogP contribution is 2.43. The van der Waals surface area contributed by atoms with Gasteiger partial charge in [-0.25, -0.2) is 9.36 Å². The van der Waals surface area contributed by atoms with Gasteiger partial charge in [0.25, 0.3) is 0 Å². The Morgan fingerprint density at radius 1 is 0.593 bits per heavy atom. The fourth-order valence-corrected chi connectivity index (χ4v) is 6.35. The molecule has 0 aliphatic carbocycles. The number of phosphoric acid groups is 1. The Balaban J connectivity index is 3.95. The molecule has 0 aliphatic heterocycles. The smallest absolute Gasteiger partial charge is 0.472 e. The van der Waals surface area contributed by atoms with Crippen LogP contribution in [0, 0.1) is 0 Å². The molecular formula is C42H76NO10P. The Labute approximate surface area is 327 Å². The standard InChI is InChI=1S/C42H76NO10P/c1-3-5-7-9-11-13-15-17-18-19-20-21-22-23-25-27-29-31-33-40(45)43-39(42(47)48)37-53-54(49,50)52-36-38(44)35-51-41(46)34-32-30-28-26-24-16-14-12-10-8-6-4-2/h12-15,18-19,38-39,44H,3-11,16-17,20-37H2,1-2H3,(H,43,45)(H,47,48)(H,49,50)/b14-12-,15-13-,19-18-. The van der Waals surface area contributed by atoms with Gasteiger partial charge in [-0.2, -0.15) is 0 Å². The van der Waals surface area contributed by atoms with Crippen LogP contribution in [0.5, 0.6) is 0 Å². The third-order valence-electron chi connectivity index (χ3n) is 8.90. The van der Waals surface area contributed by atoms with E-state index < -0.39 is 57.6 Å². The van der Waals surface area contributed by atoms with Gasteiger partial charge in [-0.15, -0.1) is 0 Å². The summed E-state index contributed by atoms with van der Waals surface area (Å²) in [5.74, 6) is -2.39. The molecule has 0 aliphatic rings. The van der Waals surface area contributed by atoms with E-state index in [-0.39, 0.29) is 12.8 Å². The summed E-state index contributed by atoms with van der Waals surface area (Å²) in [4.78, 5) is 45.8. The summed E-state index contributed by atoms with van der Waals surface area (Å²) in [6.45, 7) is 2.53. The Bertz CT molecular complexity index is 1060. The van der Waals surface area contributed by atoms with Crippen LogP contribution >= 0.6 is 7.82 Å². The molecule has 12 heteroatoms. The first kappa shape index (κ1) is 51.7. The lowest BCUT2D eigenvalue weighted by atomic mass is 10.1. The zero-order chi connectivity index (χ0) is 40.0. The second-order valence-electron chi connectivity index (χ2n) is 14.2. The van der Waals surface area contributed by atoms with Crippen molar-refractivity contribution in [2.24, 2.45) is 0 Å². The first-order valence-corrected chi connectivity index (χ1v) is 22.5. The number of unbranched alkanes of at least 4 members (excludes halogenated alkanes) is 19. The average molecular weight is 786 g/mol. The largest absolute Gasteiger partial charge is 0.480 e. The van der Waals surface area contributed by atoms with E-state index in [1.807, 2.05) is 0 Å². The quantitative estimate of drug-likeness (QED) is 0.0204. The number of carboxylic acid groups (broad SMARTS) is 1. The van der Waals surface area contributed by atoms with Gasteiger partial charge in [0.15, 0.2) is 6.04 Å². The molecule has 0 aromatic rings. The van der Waals surface area contributed by atoms with Crippen LogP contribution < -0.4 is 5.32 Å². The van der Waals surface area contributed by atoms with Crippen molar-refractivity contribution in [3.63, 3.8) is 0 Å². The highest BCUT2D eigenvalue weighted by molar-refractivity contribution is 7.47. The Morgan fingerprint density at radius 3 is 1.56 bits per heavy atom. The van der Waals surface area contributed by atoms with Crippen LogP contribution in [0.4, 0.5) is 0 Å². The molecule has 0 bridgehead atoms. The number of esters is 1. The van der Waals surface area contributed by atoms with Crippen molar-refractivity contribution >= 4 is 25.7 Å². The Kier molecular flexibility index (Phi) is 36.0. The van der Waals surface area contributed by atoms with Crippen molar-refractivity contribution in [2.45, 2.75) is 193 Å². The molecule has 314 valence electrons. The van der Waals surface area contributed by atoms with E-state index in [4.69, 9.17) is 13.8 Å². The van der Waals surface area contributed by atoms with E-state index in [2.05, 4.69) is 55.6 Å². The number of ether oxygens (including phenoxy) is 1. The number of allylic oxidation sites excluding steroid dienone is 6. The van der Waals surface area contributed by atoms with Crippen LogP contribution in [-0.4, -0.2) is 64.9 Å². The summed E-state index contributed by atoms with van der Waals surface area (Å²) < 4.78 is 26.8. The van der Waals surface area contributed by atoms with Gasteiger partial charge in [0.1, 0.15) is 12.7 Å². The van der Waals surface area contributed by atoms with Crippen LogP contribution in [0.15, 0.2) is 36.5 Å². The van der Waals surface area contributed by atoms with Crippen molar-refractivity contribution in [1.29, 1.82) is 0 Å². The first-order chi connectivity index (χ1) is 26.1. The predicted molar refractivity (Wildman–Crippen MR) is 217 cm³/mol. The van der Waals surface area contributed by atoms with Crippen LogP contribution in [0.2, 0.25) is 0 Å². The molecule has 3 atom stereocenters. The maximum absolute atomic E-state index is 12.3. The molecule has 0 heterocycles. The predicted octanol–water partition coefficient (Wildman–Crippen LogP) is 10.4. The number of phosphoric ester groups is 1. The number of nitrogens with one attached hydrogen (secondary N) is 1. The third kappa shape index (κ3) is 36.7. The minimum Gasteiger partial charge on any atom is -0.480 e. The minimum atomic E-state index is -4.76. The molecule has 54 heavy (non-hydrogen) atoms. The number of carbonyl (C=O) groups excluding carboxylic acids is 2. The van der Waals surface area contributed by atoms with E-state index in [0.717, 1.165) is 77.0 Å². The number of carbonyl (C=O) groups is 3. The van der Waals surface area contributed by atoms with Crippen molar-refractivity contribution in [3.05, 3.63) is 36.5 Å². The van der Waals surface area contributed by atoms with Gasteiger partial charge >= 0.3 is 19.8 Å². The van der Waals surface area contributed by atoms with Crippen LogP contribution in [0.25, 0.3) is 0 Å². The molecule has 11 nitrogen and oxygen atoms in total. The minimum absolute atomic E-state index is 0.136. The molecule has 0 aromatic carbocycles. The van der Waals surface area contributed by atoms with Crippen molar-refractivity contribution < 1.29 is 47.8 Å². The maximum atomic E-state index is 12.3. The van der Waals surface area contributed by atoms with E-state index >= 15 is 0 Å². The normalized spacial score (nSPS) is 14.1. The van der Waals surface area contributed by atoms with Crippen LogP contribution in [0.1, 0.15) is 181 Å². The van der Waals surface area contributed by atoms with Crippen molar-refractivity contribution in [3.8, 4) is 0 Å². The summed E-state index contributed by atoms with van der Waals surface area (Å²) in [5, 5.41) is 21.8. The number of carboxylic acids is 1. The van der Waals surface area contributed by atoms with Gasteiger partial charge in [-0.1, -0.05) is 134 Å². The lowest BCUT2D eigenvalue weighted by Crippen LogP contribution is -2.43. The Morgan fingerprint density at radius 2 is 1.02 bits per heavy atom. The monoisotopic (exact) mass is 786 g/mol. The summed E-state index contributed by atoms with van der Waals surface area (Å²) >= 11 is 0. The number of aliphatic carboxylic acids is 1. The molecule has 0 rings (SSSR count). The number of rotatable bonds is 39. The molecule has 4 N–H and O–H groups in total. The molecular weight excluding hydrogens is 709 g/mol. The second-order valence-corrected chi connectivity index (χ2v) is 15.6. The molecule has 0 spiro atoms. The number of hydrogen-bond acceptors (Lipinski definition) is 8. The second kappa shape index (κ2) is 37.6. The zero-order valence-electron chi connectivity index (χ0n) is 33.8. The van der Waals surface area contributed by atoms with E-state index in [9.17, 15) is 34.1 Å². The fraction of sp³-hybridized carbons (Fsp3) is 0.786. The number of aliphatic hydroxyl groups is 1. The lowest BCUT2D eigenvalue weighted by Gasteiger charge is -2.18. The number of hydrogen-bond donors (Lipinski definition) is 4. The van der Waals surface area contributed by atoms with Gasteiger partial charge in [0.05, 0.1) is 13.2 Å². The van der Waals surface area contributed by atoms with Gasteiger partial charge in [-0.3, -0.25) is 18.6 Å². The topological polar surface area (TPSA) is 169 Å². The third-order valence-corrected chi connectivity index (χ3v) is 9.85. The summed E-state index contributed by atoms with van der Waals surface area (Å²) in [7, 11) is -4.76. The van der Waals surface area contributed by atoms with E-state index in [1.54, 1.807) is 0 Å². The van der Waals surface area contributed by atoms with Crippen molar-refractivity contribution in [1.82, 2.24) is 5.32 Å². The van der Waals surface area contributed by atoms with Crippen LogP contribution in [0.3, 0.4) is 0 Å². The Hall–Kier alpha value is -2.30. The highest BCUT2D eigenvalue weighted by Gasteiger charge is 2.28. The zero-order valence-corrected chi connectivity index (χ0v) is 34.7. The highest BCUT2D eigenvalue weighted by atomic mass is 31.2. The molecule has 0 saturated carbocycles. The number of aliphatic hydroxyl groups excluding tert-OH is 1. The molecule has 1 amide bonds. The number of amides is 1.